The van der Waals surface area contributed by atoms with E-state index >= 15 is 0 Å². The molecule has 6 nitrogen and oxygen atoms in total. The third-order valence-electron chi connectivity index (χ3n) is 4.39. The van der Waals surface area contributed by atoms with Crippen LogP contribution in [0.3, 0.4) is 0 Å². The molecule has 2 unspecified atom stereocenters. The topological polar surface area (TPSA) is 86.7 Å². The standard InChI is InChI=1S/C17H22N2O4/c1-3-19(4-2)16(21)13-7-5-6-8-14(13)18-15(20)11-9-10-12(11)17(22)23/h5-8,11-12H,3-4,9-10H2,1-2H3,(H,18,20)(H,22,23). The van der Waals surface area contributed by atoms with Gasteiger partial charge >= 0.3 is 5.97 Å². The Morgan fingerprint density at radius 2 is 1.74 bits per heavy atom. The Bertz CT molecular complexity index is 610. The number of carboxylic acid groups (broad SMARTS) is 1. The van der Waals surface area contributed by atoms with E-state index in [1.165, 1.54) is 0 Å². The third kappa shape index (κ3) is 3.52. The van der Waals surface area contributed by atoms with Crippen molar-refractivity contribution in [1.82, 2.24) is 4.90 Å². The number of hydrogen-bond acceptors (Lipinski definition) is 3. The lowest BCUT2D eigenvalue weighted by atomic mass is 9.73. The van der Waals surface area contributed by atoms with Crippen molar-refractivity contribution in [3.05, 3.63) is 29.8 Å². The fourth-order valence-corrected chi connectivity index (χ4v) is 2.79. The molecule has 124 valence electrons. The highest BCUT2D eigenvalue weighted by Gasteiger charge is 2.41. The number of amides is 2. The molecule has 0 aromatic heterocycles. The average Bonchev–Trinajstić information content (AvgIpc) is 2.47. The molecular formula is C17H22N2O4. The van der Waals surface area contributed by atoms with Crippen LogP contribution in [0.5, 0.6) is 0 Å². The van der Waals surface area contributed by atoms with E-state index in [1.807, 2.05) is 13.8 Å². The monoisotopic (exact) mass is 318 g/mol. The highest BCUT2D eigenvalue weighted by Crippen LogP contribution is 2.35. The highest BCUT2D eigenvalue weighted by molar-refractivity contribution is 6.05. The first-order chi connectivity index (χ1) is 11.0. The zero-order valence-corrected chi connectivity index (χ0v) is 13.4. The molecule has 1 saturated carbocycles. The van der Waals surface area contributed by atoms with Crippen LogP contribution in [-0.4, -0.2) is 40.9 Å². The van der Waals surface area contributed by atoms with Gasteiger partial charge < -0.3 is 15.3 Å². The zero-order valence-electron chi connectivity index (χ0n) is 13.4. The number of rotatable bonds is 6. The first kappa shape index (κ1) is 17.0. The summed E-state index contributed by atoms with van der Waals surface area (Å²) in [6.45, 7) is 4.96. The van der Waals surface area contributed by atoms with Crippen LogP contribution in [0.2, 0.25) is 0 Å². The van der Waals surface area contributed by atoms with Crippen molar-refractivity contribution in [1.29, 1.82) is 0 Å². The Morgan fingerprint density at radius 1 is 1.13 bits per heavy atom. The number of aliphatic carboxylic acids is 1. The Hall–Kier alpha value is -2.37. The van der Waals surface area contributed by atoms with Crippen molar-refractivity contribution in [2.75, 3.05) is 18.4 Å². The van der Waals surface area contributed by atoms with Crippen molar-refractivity contribution >= 4 is 23.5 Å². The minimum Gasteiger partial charge on any atom is -0.481 e. The van der Waals surface area contributed by atoms with Crippen LogP contribution in [-0.2, 0) is 9.59 Å². The maximum absolute atomic E-state index is 12.5. The summed E-state index contributed by atoms with van der Waals surface area (Å²) in [4.78, 5) is 37.5. The van der Waals surface area contributed by atoms with E-state index in [1.54, 1.807) is 29.2 Å². The van der Waals surface area contributed by atoms with Crippen molar-refractivity contribution in [2.45, 2.75) is 26.7 Å². The normalized spacial score (nSPS) is 19.6. The largest absolute Gasteiger partial charge is 0.481 e. The molecule has 23 heavy (non-hydrogen) atoms. The molecule has 6 heteroatoms. The maximum atomic E-state index is 12.5. The summed E-state index contributed by atoms with van der Waals surface area (Å²) < 4.78 is 0. The Morgan fingerprint density at radius 3 is 2.26 bits per heavy atom. The SMILES string of the molecule is CCN(CC)C(=O)c1ccccc1NC(=O)C1CCC1C(=O)O. The lowest BCUT2D eigenvalue weighted by Gasteiger charge is -2.32. The van der Waals surface area contributed by atoms with Crippen LogP contribution in [0.15, 0.2) is 24.3 Å². The third-order valence-corrected chi connectivity index (χ3v) is 4.39. The summed E-state index contributed by atoms with van der Waals surface area (Å²) in [6.07, 6.45) is 1.09. The van der Waals surface area contributed by atoms with E-state index in [4.69, 9.17) is 5.11 Å². The molecule has 1 aliphatic rings. The molecule has 0 radical (unpaired) electrons. The number of carbonyl (C=O) groups excluding carboxylic acids is 2. The van der Waals surface area contributed by atoms with Crippen molar-refractivity contribution < 1.29 is 19.5 Å². The Balaban J connectivity index is 2.16. The summed E-state index contributed by atoms with van der Waals surface area (Å²) in [5.41, 5.74) is 0.862. The minimum atomic E-state index is -0.941. The van der Waals surface area contributed by atoms with Crippen LogP contribution in [0.25, 0.3) is 0 Å². The molecule has 1 aliphatic carbocycles. The average molecular weight is 318 g/mol. The quantitative estimate of drug-likeness (QED) is 0.842. The predicted molar refractivity (Wildman–Crippen MR) is 86.2 cm³/mol. The van der Waals surface area contributed by atoms with Gasteiger partial charge in [0.2, 0.25) is 5.91 Å². The van der Waals surface area contributed by atoms with E-state index in [9.17, 15) is 14.4 Å². The number of benzene rings is 1. The van der Waals surface area contributed by atoms with Crippen LogP contribution in [0.1, 0.15) is 37.0 Å². The summed E-state index contributed by atoms with van der Waals surface area (Å²) in [6, 6.07) is 6.83. The molecule has 1 aromatic carbocycles. The van der Waals surface area contributed by atoms with Gasteiger partial charge in [0.25, 0.3) is 5.91 Å². The Kier molecular flexibility index (Phi) is 5.36. The first-order valence-corrected chi connectivity index (χ1v) is 7.91. The van der Waals surface area contributed by atoms with Crippen LogP contribution < -0.4 is 5.32 Å². The van der Waals surface area contributed by atoms with Crippen LogP contribution in [0, 0.1) is 11.8 Å². The van der Waals surface area contributed by atoms with Gasteiger partial charge in [-0.25, -0.2) is 0 Å². The molecule has 0 bridgehead atoms. The molecular weight excluding hydrogens is 296 g/mol. The highest BCUT2D eigenvalue weighted by atomic mass is 16.4. The van der Waals surface area contributed by atoms with Gasteiger partial charge in [-0.2, -0.15) is 0 Å². The molecule has 1 aromatic rings. The Labute approximate surface area is 135 Å². The van der Waals surface area contributed by atoms with Gasteiger partial charge in [0, 0.05) is 13.1 Å². The second kappa shape index (κ2) is 7.26. The number of para-hydroxylation sites is 1. The fourth-order valence-electron chi connectivity index (χ4n) is 2.79. The first-order valence-electron chi connectivity index (χ1n) is 7.91. The van der Waals surface area contributed by atoms with E-state index in [2.05, 4.69) is 5.32 Å². The van der Waals surface area contributed by atoms with Crippen molar-refractivity contribution in [2.24, 2.45) is 11.8 Å². The van der Waals surface area contributed by atoms with E-state index in [0.717, 1.165) is 0 Å². The summed E-state index contributed by atoms with van der Waals surface area (Å²) >= 11 is 0. The number of nitrogens with one attached hydrogen (secondary N) is 1. The molecule has 0 aliphatic heterocycles. The lowest BCUT2D eigenvalue weighted by molar-refractivity contribution is -0.151. The van der Waals surface area contributed by atoms with Crippen LogP contribution in [0.4, 0.5) is 5.69 Å². The number of carboxylic acids is 1. The van der Waals surface area contributed by atoms with E-state index in [0.29, 0.717) is 37.2 Å². The van der Waals surface area contributed by atoms with Crippen LogP contribution >= 0.6 is 0 Å². The molecule has 2 N–H and O–H groups in total. The number of nitrogens with zero attached hydrogens (tertiary/aromatic N) is 1. The van der Waals surface area contributed by atoms with E-state index < -0.39 is 17.8 Å². The fraction of sp³-hybridized carbons (Fsp3) is 0.471. The van der Waals surface area contributed by atoms with Crippen molar-refractivity contribution in [3.63, 3.8) is 0 Å². The van der Waals surface area contributed by atoms with Gasteiger partial charge in [-0.1, -0.05) is 12.1 Å². The van der Waals surface area contributed by atoms with Crippen molar-refractivity contribution in [3.8, 4) is 0 Å². The molecule has 0 saturated heterocycles. The van der Waals surface area contributed by atoms with Gasteiger partial charge in [0.05, 0.1) is 23.1 Å². The summed E-state index contributed by atoms with van der Waals surface area (Å²) in [5.74, 6) is -2.56. The lowest BCUT2D eigenvalue weighted by Crippen LogP contribution is -2.41. The summed E-state index contributed by atoms with van der Waals surface area (Å²) in [5, 5.41) is 11.8. The second-order valence-electron chi connectivity index (χ2n) is 5.64. The van der Waals surface area contributed by atoms with Gasteiger partial charge in [0.1, 0.15) is 0 Å². The van der Waals surface area contributed by atoms with Gasteiger partial charge in [-0.05, 0) is 38.8 Å². The molecule has 2 rings (SSSR count). The zero-order chi connectivity index (χ0) is 17.0. The smallest absolute Gasteiger partial charge is 0.307 e. The molecule has 2 amide bonds. The van der Waals surface area contributed by atoms with Gasteiger partial charge in [-0.3, -0.25) is 14.4 Å². The second-order valence-corrected chi connectivity index (χ2v) is 5.64. The molecule has 0 spiro atoms. The molecule has 2 atom stereocenters. The van der Waals surface area contributed by atoms with Gasteiger partial charge in [-0.15, -0.1) is 0 Å². The molecule has 1 fully saturated rings. The maximum Gasteiger partial charge on any atom is 0.307 e. The number of hydrogen-bond donors (Lipinski definition) is 2. The predicted octanol–water partition coefficient (Wildman–Crippen LogP) is 2.22. The number of anilines is 1. The summed E-state index contributed by atoms with van der Waals surface area (Å²) in [7, 11) is 0. The van der Waals surface area contributed by atoms with E-state index in [-0.39, 0.29) is 11.8 Å². The minimum absolute atomic E-state index is 0.144. The molecule has 0 heterocycles. The van der Waals surface area contributed by atoms with Gasteiger partial charge in [0.15, 0.2) is 0 Å². The number of carbonyl (C=O) groups is 3.